The summed E-state index contributed by atoms with van der Waals surface area (Å²) >= 11 is 0. The average molecular weight is 522 g/mol. The van der Waals surface area contributed by atoms with Crippen molar-refractivity contribution >= 4 is 23.9 Å². The molecule has 2 saturated heterocycles. The maximum atomic E-state index is 13.3. The minimum Gasteiger partial charge on any atom is -0.477 e. The van der Waals surface area contributed by atoms with Crippen LogP contribution in [0.5, 0.6) is 0 Å². The smallest absolute Gasteiger partial charge is 0.477 e. The van der Waals surface area contributed by atoms with Crippen LogP contribution in [0.15, 0.2) is 11.6 Å². The van der Waals surface area contributed by atoms with Gasteiger partial charge in [0.15, 0.2) is 0 Å². The van der Waals surface area contributed by atoms with Gasteiger partial charge in [-0.2, -0.15) is 18.2 Å². The van der Waals surface area contributed by atoms with Gasteiger partial charge in [-0.15, -0.1) is 0 Å². The number of rotatable bonds is 7. The summed E-state index contributed by atoms with van der Waals surface area (Å²) in [6.07, 6.45) is -6.75. The Bertz CT molecular complexity index is 885. The Kier molecular flexibility index (Phi) is 8.56. The van der Waals surface area contributed by atoms with Crippen molar-refractivity contribution in [3.63, 3.8) is 0 Å². The number of carboxylic acid groups (broad SMARTS) is 2. The molecule has 35 heavy (non-hydrogen) atoms. The van der Waals surface area contributed by atoms with Crippen LogP contribution in [0.25, 0.3) is 0 Å². The number of nitrogens with zero attached hydrogens (tertiary/aromatic N) is 2. The molecule has 0 aromatic heterocycles. The van der Waals surface area contributed by atoms with Crippen molar-refractivity contribution in [1.82, 2.24) is 20.8 Å². The molecule has 3 aliphatic heterocycles. The number of hydrogen-bond donors (Lipinski definition) is 4. The summed E-state index contributed by atoms with van der Waals surface area (Å²) in [5, 5.41) is 18.8. The lowest BCUT2D eigenvalue weighted by molar-refractivity contribution is -0.219. The number of carboxylic acids is 2. The zero-order valence-corrected chi connectivity index (χ0v) is 17.7. The van der Waals surface area contributed by atoms with E-state index in [1.54, 1.807) is 6.92 Å². The molecule has 2 fully saturated rings. The van der Waals surface area contributed by atoms with E-state index in [0.717, 1.165) is 4.90 Å². The molecule has 3 amide bonds. The summed E-state index contributed by atoms with van der Waals surface area (Å²) in [7, 11) is 0. The number of halogens is 6. The number of alkyl halides is 6. The molecular weight excluding hydrogens is 502 g/mol. The Morgan fingerprint density at radius 1 is 1.31 bits per heavy atom. The highest BCUT2D eigenvalue weighted by molar-refractivity contribution is 5.91. The Morgan fingerprint density at radius 2 is 1.91 bits per heavy atom. The van der Waals surface area contributed by atoms with Gasteiger partial charge in [0.1, 0.15) is 6.04 Å². The molecule has 2 bridgehead atoms. The van der Waals surface area contributed by atoms with Crippen LogP contribution in [-0.4, -0.2) is 100 Å². The van der Waals surface area contributed by atoms with Crippen LogP contribution in [0.1, 0.15) is 13.3 Å². The Morgan fingerprint density at radius 3 is 2.40 bits per heavy atom. The lowest BCUT2D eigenvalue weighted by Crippen LogP contribution is -2.50. The van der Waals surface area contributed by atoms with E-state index in [-0.39, 0.29) is 13.2 Å². The van der Waals surface area contributed by atoms with Gasteiger partial charge in [0.05, 0.1) is 25.7 Å². The molecule has 4 atom stereocenters. The monoisotopic (exact) mass is 522 g/mol. The zero-order chi connectivity index (χ0) is 26.7. The van der Waals surface area contributed by atoms with Crippen LogP contribution in [-0.2, 0) is 24.1 Å². The number of hydroxylamine groups is 3. The van der Waals surface area contributed by atoms with Gasteiger partial charge in [0.25, 0.3) is 11.8 Å². The quantitative estimate of drug-likeness (QED) is 0.211. The second kappa shape index (κ2) is 10.6. The van der Waals surface area contributed by atoms with Gasteiger partial charge in [-0.3, -0.25) is 9.63 Å². The maximum Gasteiger partial charge on any atom is 0.490 e. The van der Waals surface area contributed by atoms with Crippen LogP contribution in [0.2, 0.25) is 0 Å². The lowest BCUT2D eigenvalue weighted by Gasteiger charge is -2.28. The normalized spacial score (nSPS) is 26.0. The molecule has 3 heterocycles. The summed E-state index contributed by atoms with van der Waals surface area (Å²) < 4.78 is 71.3. The lowest BCUT2D eigenvalue weighted by atomic mass is 10.0. The van der Waals surface area contributed by atoms with E-state index in [0.29, 0.717) is 10.6 Å². The molecule has 0 aromatic carbocycles. The van der Waals surface area contributed by atoms with E-state index in [9.17, 15) is 40.7 Å². The summed E-state index contributed by atoms with van der Waals surface area (Å²) in [6.45, 7) is 0.885. The second-order valence-corrected chi connectivity index (χ2v) is 7.62. The summed E-state index contributed by atoms with van der Waals surface area (Å²) in [6, 6.07) is -3.34. The van der Waals surface area contributed by atoms with E-state index < -0.39 is 73.4 Å². The van der Waals surface area contributed by atoms with Crippen molar-refractivity contribution in [1.29, 1.82) is 0 Å². The summed E-state index contributed by atoms with van der Waals surface area (Å²) in [4.78, 5) is 54.9. The minimum absolute atomic E-state index is 0.0169. The molecule has 3 aliphatic rings. The first-order valence-corrected chi connectivity index (χ1v) is 9.68. The number of amides is 3. The van der Waals surface area contributed by atoms with Gasteiger partial charge < -0.3 is 20.4 Å². The van der Waals surface area contributed by atoms with Gasteiger partial charge in [0.2, 0.25) is 0 Å². The standard InChI is InChI=1S/C15H19F3N4O6.C2HF3O2/c1-7-2-9-4-21(14(26)22(9)28-11(16)13(24)25)10(7)12(23)20-27-5-8-3-15(17,18)6-19-8;3-2(4,5)1(6)7/h2,8-11,19H,3-6H2,1H3,(H,20,23)(H,24,25);(H,6,7)/t8-,9+,10-,11+;/m0./s1. The minimum atomic E-state index is -5.08. The fourth-order valence-corrected chi connectivity index (χ4v) is 3.40. The number of hydrogen-bond acceptors (Lipinski definition) is 7. The SMILES string of the molecule is CC1=C[C@@H]2CN(C(=O)N2O[C@@H](F)C(=O)O)[C@@H]1C(=O)NOC[C@@H]1CC(F)(F)CN1.O=C(O)C(F)(F)F. The highest BCUT2D eigenvalue weighted by Crippen LogP contribution is 2.30. The van der Waals surface area contributed by atoms with Gasteiger partial charge in [-0.1, -0.05) is 6.08 Å². The maximum absolute atomic E-state index is 13.3. The molecule has 0 aliphatic carbocycles. The number of carbonyl (C=O) groups excluding carboxylic acids is 2. The summed E-state index contributed by atoms with van der Waals surface area (Å²) in [5.74, 6) is -8.20. The van der Waals surface area contributed by atoms with E-state index in [1.165, 1.54) is 6.08 Å². The fourth-order valence-electron chi connectivity index (χ4n) is 3.40. The van der Waals surface area contributed by atoms with Crippen molar-refractivity contribution in [2.45, 2.75) is 49.9 Å². The van der Waals surface area contributed by atoms with Crippen LogP contribution in [0.4, 0.5) is 31.1 Å². The molecule has 18 heteroatoms. The molecule has 3 rings (SSSR count). The molecule has 4 N–H and O–H groups in total. The van der Waals surface area contributed by atoms with Crippen LogP contribution >= 0.6 is 0 Å². The third-order valence-electron chi connectivity index (χ3n) is 4.86. The number of fused-ring (bicyclic) bond motifs is 2. The molecule has 0 spiro atoms. The largest absolute Gasteiger partial charge is 0.490 e. The fraction of sp³-hybridized carbons (Fsp3) is 0.647. The van der Waals surface area contributed by atoms with Gasteiger partial charge in [0, 0.05) is 12.5 Å². The van der Waals surface area contributed by atoms with Crippen LogP contribution in [0.3, 0.4) is 0 Å². The molecule has 0 saturated carbocycles. The number of nitrogens with one attached hydrogen (secondary N) is 2. The van der Waals surface area contributed by atoms with Crippen LogP contribution < -0.4 is 10.8 Å². The van der Waals surface area contributed by atoms with Gasteiger partial charge in [-0.05, 0) is 12.5 Å². The predicted octanol–water partition coefficient (Wildman–Crippen LogP) is 0.411. The third-order valence-corrected chi connectivity index (χ3v) is 4.86. The van der Waals surface area contributed by atoms with Crippen molar-refractivity contribution in [2.24, 2.45) is 0 Å². The highest BCUT2D eigenvalue weighted by Gasteiger charge is 2.49. The number of aliphatic carboxylic acids is 2. The van der Waals surface area contributed by atoms with Crippen molar-refractivity contribution in [3.8, 4) is 0 Å². The molecular formula is C17H20F6N4O8. The summed E-state index contributed by atoms with van der Waals surface area (Å²) in [5.41, 5.74) is 2.57. The average Bonchev–Trinajstić information content (AvgIpc) is 3.19. The first-order chi connectivity index (χ1) is 16.0. The molecule has 0 unspecified atom stereocenters. The van der Waals surface area contributed by atoms with Crippen molar-refractivity contribution in [2.75, 3.05) is 19.7 Å². The van der Waals surface area contributed by atoms with E-state index in [4.69, 9.17) is 19.8 Å². The van der Waals surface area contributed by atoms with Crippen molar-refractivity contribution in [3.05, 3.63) is 11.6 Å². The van der Waals surface area contributed by atoms with E-state index in [1.807, 2.05) is 0 Å². The molecule has 12 nitrogen and oxygen atoms in total. The molecule has 0 radical (unpaired) electrons. The Balaban J connectivity index is 0.000000540. The van der Waals surface area contributed by atoms with Gasteiger partial charge >= 0.3 is 30.5 Å². The van der Waals surface area contributed by atoms with E-state index >= 15 is 0 Å². The van der Waals surface area contributed by atoms with Crippen molar-refractivity contribution < 1.29 is 65.4 Å². The first kappa shape index (κ1) is 28.1. The molecule has 0 aromatic rings. The first-order valence-electron chi connectivity index (χ1n) is 9.68. The number of urea groups is 1. The van der Waals surface area contributed by atoms with E-state index in [2.05, 4.69) is 15.6 Å². The Hall–Kier alpha value is -3.12. The predicted molar refractivity (Wildman–Crippen MR) is 98.0 cm³/mol. The number of carbonyl (C=O) groups is 4. The van der Waals surface area contributed by atoms with Gasteiger partial charge in [-0.25, -0.2) is 37.9 Å². The topological polar surface area (TPSA) is 158 Å². The molecule has 198 valence electrons. The highest BCUT2D eigenvalue weighted by atomic mass is 19.4. The zero-order valence-electron chi connectivity index (χ0n) is 17.7. The Labute approximate surface area is 192 Å². The second-order valence-electron chi connectivity index (χ2n) is 7.62. The van der Waals surface area contributed by atoms with Crippen LogP contribution in [0, 0.1) is 0 Å². The third kappa shape index (κ3) is 7.18.